The molecule has 0 spiro atoms. The number of sulfonamides is 1. The first kappa shape index (κ1) is 20.5. The Kier molecular flexibility index (Phi) is 6.52. The van der Waals surface area contributed by atoms with Crippen molar-refractivity contribution in [2.45, 2.75) is 25.8 Å². The van der Waals surface area contributed by atoms with Crippen LogP contribution in [0, 0.1) is 5.92 Å². The summed E-state index contributed by atoms with van der Waals surface area (Å²) in [6.45, 7) is 2.32. The molecular weight excluding hydrogens is 380 g/mol. The molecule has 2 rings (SSSR count). The molecule has 1 aromatic rings. The van der Waals surface area contributed by atoms with Crippen molar-refractivity contribution in [3.63, 3.8) is 0 Å². The summed E-state index contributed by atoms with van der Waals surface area (Å²) in [5.41, 5.74) is 0.338. The summed E-state index contributed by atoms with van der Waals surface area (Å²) in [5.74, 6) is -0.807. The fourth-order valence-corrected chi connectivity index (χ4v) is 4.53. The van der Waals surface area contributed by atoms with Gasteiger partial charge in [0.2, 0.25) is 15.9 Å². The van der Waals surface area contributed by atoms with Crippen molar-refractivity contribution in [1.82, 2.24) is 4.90 Å². The van der Waals surface area contributed by atoms with Crippen LogP contribution in [0.5, 0.6) is 0 Å². The molecule has 1 saturated heterocycles. The van der Waals surface area contributed by atoms with Gasteiger partial charge < -0.3 is 9.64 Å². The van der Waals surface area contributed by atoms with Crippen LogP contribution in [0.2, 0.25) is 5.02 Å². The fourth-order valence-electron chi connectivity index (χ4n) is 3.18. The minimum Gasteiger partial charge on any atom is -0.469 e. The third-order valence-electron chi connectivity index (χ3n) is 4.47. The zero-order valence-electron chi connectivity index (χ0n) is 15.0. The first-order chi connectivity index (χ1) is 12.1. The molecule has 0 bridgehead atoms. The van der Waals surface area contributed by atoms with E-state index in [1.54, 1.807) is 30.0 Å². The number of piperidine rings is 1. The number of rotatable bonds is 5. The van der Waals surface area contributed by atoms with Crippen molar-refractivity contribution >= 4 is 39.2 Å². The van der Waals surface area contributed by atoms with Crippen LogP contribution in [0.1, 0.15) is 19.8 Å². The van der Waals surface area contributed by atoms with Gasteiger partial charge in [0.25, 0.3) is 0 Å². The van der Waals surface area contributed by atoms with E-state index in [2.05, 4.69) is 0 Å². The highest BCUT2D eigenvalue weighted by Gasteiger charge is 2.35. The maximum atomic E-state index is 12.9. The predicted molar refractivity (Wildman–Crippen MR) is 99.6 cm³/mol. The van der Waals surface area contributed by atoms with Crippen LogP contribution in [-0.4, -0.2) is 57.7 Å². The van der Waals surface area contributed by atoms with Gasteiger partial charge in [-0.05, 0) is 38.0 Å². The average molecular weight is 403 g/mol. The van der Waals surface area contributed by atoms with E-state index in [1.165, 1.54) is 13.2 Å². The number of amides is 1. The lowest BCUT2D eigenvalue weighted by atomic mass is 9.96. The Hall–Kier alpha value is -1.80. The number of likely N-dealkylation sites (tertiary alicyclic amines) is 1. The van der Waals surface area contributed by atoms with Crippen molar-refractivity contribution in [3.05, 3.63) is 29.3 Å². The smallest absolute Gasteiger partial charge is 0.308 e. The van der Waals surface area contributed by atoms with E-state index in [0.717, 1.165) is 10.6 Å². The van der Waals surface area contributed by atoms with Gasteiger partial charge in [-0.2, -0.15) is 0 Å². The van der Waals surface area contributed by atoms with Crippen LogP contribution in [0.15, 0.2) is 24.3 Å². The van der Waals surface area contributed by atoms with Gasteiger partial charge in [0.05, 0.1) is 25.0 Å². The summed E-state index contributed by atoms with van der Waals surface area (Å²) >= 11 is 5.97. The molecule has 1 fully saturated rings. The molecule has 0 unspecified atom stereocenters. The van der Waals surface area contributed by atoms with Gasteiger partial charge in [0, 0.05) is 18.1 Å². The predicted octanol–water partition coefficient (Wildman–Crippen LogP) is 1.91. The number of benzene rings is 1. The SMILES string of the molecule is COC(=O)C1CCN(C(=O)[C@H](C)N(c2cccc(Cl)c2)S(C)(=O)=O)CC1. The number of esters is 1. The maximum Gasteiger partial charge on any atom is 0.308 e. The summed E-state index contributed by atoms with van der Waals surface area (Å²) in [7, 11) is -2.35. The summed E-state index contributed by atoms with van der Waals surface area (Å²) in [5, 5.41) is 0.384. The first-order valence-electron chi connectivity index (χ1n) is 8.26. The van der Waals surface area contributed by atoms with Gasteiger partial charge in [0.1, 0.15) is 6.04 Å². The Morgan fingerprint density at radius 2 is 1.92 bits per heavy atom. The third-order valence-corrected chi connectivity index (χ3v) is 5.95. The zero-order chi connectivity index (χ0) is 19.5. The Balaban J connectivity index is 2.18. The van der Waals surface area contributed by atoms with Crippen LogP contribution < -0.4 is 4.31 Å². The number of carbonyl (C=O) groups excluding carboxylic acids is 2. The number of ether oxygens (including phenoxy) is 1. The second-order valence-electron chi connectivity index (χ2n) is 6.34. The molecule has 9 heteroatoms. The molecule has 144 valence electrons. The lowest BCUT2D eigenvalue weighted by molar-refractivity contribution is -0.149. The van der Waals surface area contributed by atoms with E-state index < -0.39 is 16.1 Å². The highest BCUT2D eigenvalue weighted by Crippen LogP contribution is 2.26. The van der Waals surface area contributed by atoms with E-state index >= 15 is 0 Å². The molecule has 1 aliphatic rings. The Morgan fingerprint density at radius 1 is 1.31 bits per heavy atom. The minimum atomic E-state index is -3.69. The number of hydrogen-bond acceptors (Lipinski definition) is 5. The van der Waals surface area contributed by atoms with Crippen LogP contribution in [-0.2, 0) is 24.3 Å². The highest BCUT2D eigenvalue weighted by molar-refractivity contribution is 7.92. The molecular formula is C17H23ClN2O5S. The van der Waals surface area contributed by atoms with E-state index in [9.17, 15) is 18.0 Å². The molecule has 1 heterocycles. The lowest BCUT2D eigenvalue weighted by Crippen LogP contribution is -2.51. The maximum absolute atomic E-state index is 12.9. The Morgan fingerprint density at radius 3 is 2.42 bits per heavy atom. The van der Waals surface area contributed by atoms with Gasteiger partial charge in [-0.3, -0.25) is 13.9 Å². The molecule has 1 atom stereocenters. The van der Waals surface area contributed by atoms with Gasteiger partial charge in [-0.15, -0.1) is 0 Å². The summed E-state index contributed by atoms with van der Waals surface area (Å²) in [6.07, 6.45) is 2.06. The normalized spacial score (nSPS) is 16.8. The summed E-state index contributed by atoms with van der Waals surface area (Å²) in [4.78, 5) is 26.1. The van der Waals surface area contributed by atoms with Crippen LogP contribution >= 0.6 is 11.6 Å². The van der Waals surface area contributed by atoms with E-state index in [-0.39, 0.29) is 17.8 Å². The third kappa shape index (κ3) is 4.67. The standard InChI is InChI=1S/C17H23ClN2O5S/c1-12(16(21)19-9-7-13(8-10-19)17(22)25-2)20(26(3,23)24)15-6-4-5-14(18)11-15/h4-6,11-13H,7-10H2,1-3H3/t12-/m0/s1. The second-order valence-corrected chi connectivity index (χ2v) is 8.63. The van der Waals surface area contributed by atoms with Crippen molar-refractivity contribution in [1.29, 1.82) is 0 Å². The largest absolute Gasteiger partial charge is 0.469 e. The molecule has 1 aromatic carbocycles. The monoisotopic (exact) mass is 402 g/mol. The molecule has 0 N–H and O–H groups in total. The lowest BCUT2D eigenvalue weighted by Gasteiger charge is -2.36. The van der Waals surface area contributed by atoms with Gasteiger partial charge in [0.15, 0.2) is 0 Å². The van der Waals surface area contributed by atoms with Crippen LogP contribution in [0.25, 0.3) is 0 Å². The molecule has 0 aliphatic carbocycles. The molecule has 0 radical (unpaired) electrons. The number of halogens is 1. The Labute approximate surface area is 158 Å². The van der Waals surface area contributed by atoms with Crippen molar-refractivity contribution in [3.8, 4) is 0 Å². The van der Waals surface area contributed by atoms with Gasteiger partial charge in [-0.1, -0.05) is 17.7 Å². The van der Waals surface area contributed by atoms with Crippen molar-refractivity contribution < 1.29 is 22.7 Å². The van der Waals surface area contributed by atoms with E-state index in [1.807, 2.05) is 0 Å². The van der Waals surface area contributed by atoms with Gasteiger partial charge in [-0.25, -0.2) is 8.42 Å². The fraction of sp³-hybridized carbons (Fsp3) is 0.529. The molecule has 0 aromatic heterocycles. The first-order valence-corrected chi connectivity index (χ1v) is 10.5. The highest BCUT2D eigenvalue weighted by atomic mass is 35.5. The molecule has 26 heavy (non-hydrogen) atoms. The number of anilines is 1. The molecule has 0 saturated carbocycles. The number of carbonyl (C=O) groups is 2. The number of methoxy groups -OCH3 is 1. The molecule has 1 aliphatic heterocycles. The molecule has 1 amide bonds. The second kappa shape index (κ2) is 8.26. The topological polar surface area (TPSA) is 84.0 Å². The van der Waals surface area contributed by atoms with Crippen LogP contribution in [0.3, 0.4) is 0 Å². The number of hydrogen-bond donors (Lipinski definition) is 0. The van der Waals surface area contributed by atoms with E-state index in [0.29, 0.717) is 36.6 Å². The zero-order valence-corrected chi connectivity index (χ0v) is 16.6. The van der Waals surface area contributed by atoms with Crippen LogP contribution in [0.4, 0.5) is 5.69 Å². The molecule has 7 nitrogen and oxygen atoms in total. The summed E-state index contributed by atoms with van der Waals surface area (Å²) in [6, 6.07) is 5.46. The van der Waals surface area contributed by atoms with Gasteiger partial charge >= 0.3 is 5.97 Å². The van der Waals surface area contributed by atoms with Crippen molar-refractivity contribution in [2.75, 3.05) is 30.8 Å². The minimum absolute atomic E-state index is 0.224. The average Bonchev–Trinajstić information content (AvgIpc) is 2.59. The quantitative estimate of drug-likeness (QED) is 0.702. The van der Waals surface area contributed by atoms with Crippen molar-refractivity contribution in [2.24, 2.45) is 5.92 Å². The Bertz CT molecular complexity index is 775. The van der Waals surface area contributed by atoms with E-state index in [4.69, 9.17) is 16.3 Å². The summed E-state index contributed by atoms with van der Waals surface area (Å²) < 4.78 is 30.4. The number of nitrogens with zero attached hydrogens (tertiary/aromatic N) is 2.